The second-order valence-corrected chi connectivity index (χ2v) is 16.6. The molecule has 0 unspecified atom stereocenters. The maximum absolute atomic E-state index is 13.1. The minimum absolute atomic E-state index is 0.00817. The number of methoxy groups -OCH3 is 4. The number of amides is 2. The van der Waals surface area contributed by atoms with Crippen molar-refractivity contribution in [2.75, 3.05) is 68.3 Å². The van der Waals surface area contributed by atoms with Crippen molar-refractivity contribution in [3.8, 4) is 23.0 Å². The molecule has 2 aliphatic heterocycles. The van der Waals surface area contributed by atoms with Crippen LogP contribution < -0.4 is 24.3 Å². The summed E-state index contributed by atoms with van der Waals surface area (Å²) in [5, 5.41) is 12.7. The first-order chi connectivity index (χ1) is 28.9. The Morgan fingerprint density at radius 2 is 1.55 bits per heavy atom. The van der Waals surface area contributed by atoms with Gasteiger partial charge in [-0.2, -0.15) is 0 Å². The van der Waals surface area contributed by atoms with Crippen LogP contribution in [-0.2, 0) is 43.2 Å². The van der Waals surface area contributed by atoms with Gasteiger partial charge in [0.15, 0.2) is 23.0 Å². The third-order valence-corrected chi connectivity index (χ3v) is 12.7. The normalized spacial score (nSPS) is 21.5. The second-order valence-electron chi connectivity index (χ2n) is 16.6. The summed E-state index contributed by atoms with van der Waals surface area (Å²) >= 11 is 0. The van der Waals surface area contributed by atoms with E-state index < -0.39 is 24.1 Å². The molecular formula is C46H68N4O10. The van der Waals surface area contributed by atoms with E-state index in [1.54, 1.807) is 47.2 Å². The highest BCUT2D eigenvalue weighted by Crippen LogP contribution is 2.43. The summed E-state index contributed by atoms with van der Waals surface area (Å²) in [6, 6.07) is 6.25. The Morgan fingerprint density at radius 1 is 0.917 bits per heavy atom. The Bertz CT molecular complexity index is 1800. The molecule has 332 valence electrons. The molecule has 0 radical (unpaired) electrons. The van der Waals surface area contributed by atoms with Crippen LogP contribution in [-0.4, -0.2) is 136 Å². The lowest BCUT2D eigenvalue weighted by Crippen LogP contribution is -2.55. The molecule has 2 aromatic rings. The van der Waals surface area contributed by atoms with Gasteiger partial charge in [0, 0.05) is 31.6 Å². The van der Waals surface area contributed by atoms with Gasteiger partial charge in [-0.15, -0.1) is 0 Å². The molecule has 6 atom stereocenters. The number of hydrogen-bond donors (Lipinski definition) is 2. The van der Waals surface area contributed by atoms with Crippen LogP contribution in [0.1, 0.15) is 100 Å². The third kappa shape index (κ3) is 11.0. The fourth-order valence-corrected chi connectivity index (χ4v) is 9.55. The van der Waals surface area contributed by atoms with Crippen molar-refractivity contribution < 1.29 is 48.0 Å². The molecule has 2 aliphatic carbocycles. The zero-order chi connectivity index (χ0) is 43.5. The molecule has 0 bridgehead atoms. The van der Waals surface area contributed by atoms with Crippen molar-refractivity contribution >= 4 is 23.8 Å². The fourth-order valence-electron chi connectivity index (χ4n) is 9.55. The summed E-state index contributed by atoms with van der Waals surface area (Å²) in [4.78, 5) is 55.8. The lowest BCUT2D eigenvalue weighted by molar-refractivity contribution is -0.152. The van der Waals surface area contributed by atoms with E-state index in [2.05, 4.69) is 29.4 Å². The summed E-state index contributed by atoms with van der Waals surface area (Å²) in [5.41, 5.74) is 4.91. The van der Waals surface area contributed by atoms with Crippen LogP contribution in [0, 0.1) is 5.92 Å². The first-order valence-corrected chi connectivity index (χ1v) is 21.8. The first-order valence-electron chi connectivity index (χ1n) is 21.8. The third-order valence-electron chi connectivity index (χ3n) is 12.7. The van der Waals surface area contributed by atoms with Crippen LogP contribution in [0.15, 0.2) is 24.3 Å². The standard InChI is InChI=1S/C27H36N2O5.C19H32N2O5/c1-28(17-21-11-20-14-25(33-4)26(34-5)16-22(20)21)8-6-9-29-10-7-18-12-23(31-2)24(32-3)13-19(18)15-27(29)30;1-4-8-14(19(25)26-5-2)20-12(3)17(22)21-15-10-7-6-9-13(15)11-16(21)18(23)24/h12-14,16,21H,6-11,15,17H2,1-5H3;12-16,20H,4-11H2,1-3H3,(H,23,24)/t21-;12-,13-,14-,15-,16-/m10/s1. The Hall–Kier alpha value is -4.56. The van der Waals surface area contributed by atoms with Gasteiger partial charge in [0.05, 0.1) is 47.5 Å². The van der Waals surface area contributed by atoms with E-state index >= 15 is 0 Å². The van der Waals surface area contributed by atoms with Gasteiger partial charge in [-0.05, 0) is 125 Å². The van der Waals surface area contributed by atoms with Crippen molar-refractivity contribution in [2.45, 2.75) is 121 Å². The van der Waals surface area contributed by atoms with E-state index in [0.717, 1.165) is 100 Å². The summed E-state index contributed by atoms with van der Waals surface area (Å²) < 4.78 is 26.8. The van der Waals surface area contributed by atoms with E-state index in [1.807, 2.05) is 24.0 Å². The van der Waals surface area contributed by atoms with Crippen molar-refractivity contribution in [2.24, 2.45) is 5.92 Å². The molecule has 14 heteroatoms. The number of esters is 1. The number of ether oxygens (including phenoxy) is 5. The van der Waals surface area contributed by atoms with Gasteiger partial charge in [0.25, 0.3) is 0 Å². The number of hydrogen-bond acceptors (Lipinski definition) is 11. The number of carboxylic acids is 1. The van der Waals surface area contributed by atoms with E-state index in [9.17, 15) is 24.3 Å². The van der Waals surface area contributed by atoms with Crippen LogP contribution in [0.4, 0.5) is 0 Å². The second kappa shape index (κ2) is 21.8. The molecule has 14 nitrogen and oxygen atoms in total. The van der Waals surface area contributed by atoms with Gasteiger partial charge in [0.1, 0.15) is 12.1 Å². The fraction of sp³-hybridized carbons (Fsp3) is 0.652. The molecule has 1 saturated carbocycles. The van der Waals surface area contributed by atoms with Gasteiger partial charge < -0.3 is 43.5 Å². The number of rotatable bonds is 18. The molecular weight excluding hydrogens is 769 g/mol. The van der Waals surface area contributed by atoms with Crippen molar-refractivity contribution in [3.05, 3.63) is 46.5 Å². The number of benzene rings is 2. The highest BCUT2D eigenvalue weighted by atomic mass is 16.5. The minimum atomic E-state index is -0.935. The Kier molecular flexibility index (Phi) is 16.9. The van der Waals surface area contributed by atoms with Gasteiger partial charge in [-0.1, -0.05) is 26.2 Å². The first kappa shape index (κ1) is 46.5. The smallest absolute Gasteiger partial charge is 0.326 e. The maximum Gasteiger partial charge on any atom is 0.326 e. The highest BCUT2D eigenvalue weighted by Gasteiger charge is 2.48. The largest absolute Gasteiger partial charge is 0.493 e. The Labute approximate surface area is 356 Å². The number of carboxylic acid groups (broad SMARTS) is 1. The number of nitrogens with zero attached hydrogens (tertiary/aromatic N) is 3. The predicted molar refractivity (Wildman–Crippen MR) is 228 cm³/mol. The number of likely N-dealkylation sites (N-methyl/N-ethyl adjacent to an activating group) is 1. The zero-order valence-corrected chi connectivity index (χ0v) is 37.1. The van der Waals surface area contributed by atoms with Gasteiger partial charge >= 0.3 is 11.9 Å². The zero-order valence-electron chi connectivity index (χ0n) is 37.1. The lowest BCUT2D eigenvalue weighted by atomic mass is 9.77. The van der Waals surface area contributed by atoms with Crippen LogP contribution >= 0.6 is 0 Å². The highest BCUT2D eigenvalue weighted by molar-refractivity contribution is 5.88. The summed E-state index contributed by atoms with van der Waals surface area (Å²) in [7, 11) is 8.79. The molecule has 2 aromatic carbocycles. The van der Waals surface area contributed by atoms with E-state index in [0.29, 0.717) is 37.5 Å². The lowest BCUT2D eigenvalue weighted by Gasteiger charge is -2.35. The molecule has 6 rings (SSSR count). The number of fused-ring (bicyclic) bond motifs is 3. The van der Waals surface area contributed by atoms with Gasteiger partial charge in [0.2, 0.25) is 11.8 Å². The number of likely N-dealkylation sites (tertiary alicyclic amines) is 1. The molecule has 2 amide bonds. The van der Waals surface area contributed by atoms with Crippen molar-refractivity contribution in [3.63, 3.8) is 0 Å². The molecule has 1 saturated heterocycles. The predicted octanol–water partition coefficient (Wildman–Crippen LogP) is 5.25. The SMILES string of the molecule is CCC[C@H](N[C@@H](C)C(=O)N1[C@H](C(=O)O)C[C@@H]2CCCC[C@@H]21)C(=O)OCC.COc1cc2c(cc1OC)CC(=O)N(CCCN(C)C[C@H]1Cc3cc(OC)c(OC)cc31)CC2. The summed E-state index contributed by atoms with van der Waals surface area (Å²) in [6.07, 6.45) is 9.14. The summed E-state index contributed by atoms with van der Waals surface area (Å²) in [6.45, 7) is 9.19. The molecule has 2 N–H and O–H groups in total. The monoisotopic (exact) mass is 836 g/mol. The van der Waals surface area contributed by atoms with E-state index in [-0.39, 0.29) is 29.7 Å². The van der Waals surface area contributed by atoms with Crippen LogP contribution in [0.25, 0.3) is 0 Å². The average molecular weight is 837 g/mol. The molecule has 0 aromatic heterocycles. The number of aliphatic carboxylic acids is 1. The molecule has 60 heavy (non-hydrogen) atoms. The Balaban J connectivity index is 0.000000237. The van der Waals surface area contributed by atoms with Gasteiger partial charge in [-0.25, -0.2) is 4.79 Å². The van der Waals surface area contributed by atoms with Gasteiger partial charge in [-0.3, -0.25) is 19.7 Å². The van der Waals surface area contributed by atoms with Crippen LogP contribution in [0.2, 0.25) is 0 Å². The maximum atomic E-state index is 13.1. The molecule has 2 heterocycles. The number of nitrogens with one attached hydrogen (secondary N) is 1. The van der Waals surface area contributed by atoms with E-state index in [4.69, 9.17) is 23.7 Å². The minimum Gasteiger partial charge on any atom is -0.493 e. The van der Waals surface area contributed by atoms with Crippen LogP contribution in [0.3, 0.4) is 0 Å². The topological polar surface area (TPSA) is 156 Å². The summed E-state index contributed by atoms with van der Waals surface area (Å²) in [5.74, 6) is 2.45. The molecule has 2 fully saturated rings. The van der Waals surface area contributed by atoms with Crippen molar-refractivity contribution in [1.82, 2.24) is 20.0 Å². The van der Waals surface area contributed by atoms with Crippen molar-refractivity contribution in [1.29, 1.82) is 0 Å². The quantitative estimate of drug-likeness (QED) is 0.189. The molecule has 0 spiro atoms. The van der Waals surface area contributed by atoms with Crippen LogP contribution in [0.5, 0.6) is 23.0 Å². The Morgan fingerprint density at radius 3 is 2.18 bits per heavy atom. The number of carbonyl (C=O) groups is 4. The van der Waals surface area contributed by atoms with E-state index in [1.165, 1.54) is 16.7 Å². The molecule has 4 aliphatic rings. The number of carbonyl (C=O) groups excluding carboxylic acids is 3. The average Bonchev–Trinajstić information content (AvgIpc) is 3.56.